The maximum Gasteiger partial charge on any atom is 0.389 e. The van der Waals surface area contributed by atoms with Crippen LogP contribution in [-0.2, 0) is 4.79 Å². The van der Waals surface area contributed by atoms with Crippen LogP contribution in [0.25, 0.3) is 0 Å². The van der Waals surface area contributed by atoms with Crippen molar-refractivity contribution in [3.05, 3.63) is 18.2 Å². The summed E-state index contributed by atoms with van der Waals surface area (Å²) in [7, 11) is 0. The zero-order valence-corrected chi connectivity index (χ0v) is 12.9. The van der Waals surface area contributed by atoms with Crippen molar-refractivity contribution in [2.75, 3.05) is 13.1 Å². The van der Waals surface area contributed by atoms with Crippen molar-refractivity contribution in [1.82, 2.24) is 14.5 Å². The van der Waals surface area contributed by atoms with E-state index in [4.69, 9.17) is 0 Å². The molecule has 1 aromatic heterocycles. The van der Waals surface area contributed by atoms with Crippen molar-refractivity contribution in [3.8, 4) is 0 Å². The van der Waals surface area contributed by atoms with E-state index in [9.17, 15) is 18.0 Å². The molecule has 1 aliphatic heterocycles. The molecule has 0 N–H and O–H groups in total. The highest BCUT2D eigenvalue weighted by Crippen LogP contribution is 2.29. The van der Waals surface area contributed by atoms with Crippen LogP contribution in [0.4, 0.5) is 13.2 Å². The third-order valence-corrected chi connectivity index (χ3v) is 4.02. The number of piperidine rings is 1. The van der Waals surface area contributed by atoms with Crippen LogP contribution in [0.15, 0.2) is 12.4 Å². The Morgan fingerprint density at radius 1 is 1.45 bits per heavy atom. The van der Waals surface area contributed by atoms with E-state index in [0.29, 0.717) is 13.1 Å². The zero-order chi connectivity index (χ0) is 16.3. The molecule has 2 rings (SSSR count). The summed E-state index contributed by atoms with van der Waals surface area (Å²) in [5.41, 5.74) is 0. The normalized spacial score (nSPS) is 19.7. The molecule has 1 atom stereocenters. The van der Waals surface area contributed by atoms with Gasteiger partial charge in [0, 0.05) is 43.9 Å². The fourth-order valence-electron chi connectivity index (χ4n) is 2.90. The molecule has 22 heavy (non-hydrogen) atoms. The fourth-order valence-corrected chi connectivity index (χ4v) is 2.90. The van der Waals surface area contributed by atoms with E-state index < -0.39 is 24.9 Å². The number of rotatable bonds is 4. The maximum absolute atomic E-state index is 12.2. The number of aromatic nitrogens is 2. The van der Waals surface area contributed by atoms with E-state index in [-0.39, 0.29) is 12.0 Å². The first kappa shape index (κ1) is 16.8. The molecule has 1 saturated heterocycles. The highest BCUT2D eigenvalue weighted by Gasteiger charge is 2.32. The lowest BCUT2D eigenvalue weighted by Crippen LogP contribution is -2.40. The van der Waals surface area contributed by atoms with Gasteiger partial charge in [0.1, 0.15) is 5.82 Å². The molecule has 0 saturated carbocycles. The summed E-state index contributed by atoms with van der Waals surface area (Å²) in [6, 6.07) is 0.272. The predicted molar refractivity (Wildman–Crippen MR) is 76.5 cm³/mol. The summed E-state index contributed by atoms with van der Waals surface area (Å²) in [6.45, 7) is 5.11. The average Bonchev–Trinajstić information content (AvgIpc) is 2.93. The standard InChI is InChI=1S/C15H22F3N3O/c1-11(2)21-9-7-19-14(21)12-4-3-8-20(10-12)13(22)5-6-15(16,17)18/h7,9,11-12H,3-6,8,10H2,1-2H3/t12-/m1/s1. The van der Waals surface area contributed by atoms with Crippen molar-refractivity contribution >= 4 is 5.91 Å². The van der Waals surface area contributed by atoms with Gasteiger partial charge in [-0.05, 0) is 26.7 Å². The first-order valence-electron chi connectivity index (χ1n) is 7.65. The number of halogens is 3. The highest BCUT2D eigenvalue weighted by atomic mass is 19.4. The smallest absolute Gasteiger partial charge is 0.342 e. The molecule has 1 fully saturated rings. The molecule has 124 valence electrons. The monoisotopic (exact) mass is 317 g/mol. The Bertz CT molecular complexity index is 510. The van der Waals surface area contributed by atoms with Crippen LogP contribution >= 0.6 is 0 Å². The molecule has 0 spiro atoms. The number of carbonyl (C=O) groups excluding carboxylic acids is 1. The second-order valence-corrected chi connectivity index (χ2v) is 6.08. The molecule has 1 amide bonds. The Labute approximate surface area is 128 Å². The summed E-state index contributed by atoms with van der Waals surface area (Å²) in [4.78, 5) is 17.9. The number of amides is 1. The Kier molecular flexibility index (Phi) is 5.13. The molecule has 0 aliphatic carbocycles. The number of hydrogen-bond donors (Lipinski definition) is 0. The summed E-state index contributed by atoms with van der Waals surface area (Å²) < 4.78 is 38.8. The minimum Gasteiger partial charge on any atom is -0.342 e. The van der Waals surface area contributed by atoms with Gasteiger partial charge in [0.05, 0.1) is 6.42 Å². The third kappa shape index (κ3) is 4.24. The Hall–Kier alpha value is -1.53. The molecule has 0 aromatic carbocycles. The highest BCUT2D eigenvalue weighted by molar-refractivity contribution is 5.76. The fraction of sp³-hybridized carbons (Fsp3) is 0.733. The maximum atomic E-state index is 12.2. The number of imidazole rings is 1. The third-order valence-electron chi connectivity index (χ3n) is 4.02. The van der Waals surface area contributed by atoms with Gasteiger partial charge < -0.3 is 9.47 Å². The van der Waals surface area contributed by atoms with Crippen LogP contribution in [0.3, 0.4) is 0 Å². The lowest BCUT2D eigenvalue weighted by molar-refractivity contribution is -0.149. The van der Waals surface area contributed by atoms with Crippen LogP contribution < -0.4 is 0 Å². The van der Waals surface area contributed by atoms with Gasteiger partial charge >= 0.3 is 6.18 Å². The minimum atomic E-state index is -4.28. The van der Waals surface area contributed by atoms with Crippen LogP contribution in [0.1, 0.15) is 57.3 Å². The van der Waals surface area contributed by atoms with E-state index in [1.165, 1.54) is 0 Å². The van der Waals surface area contributed by atoms with Crippen molar-refractivity contribution in [3.63, 3.8) is 0 Å². The number of carbonyl (C=O) groups is 1. The molecule has 0 unspecified atom stereocenters. The Morgan fingerprint density at radius 2 is 2.18 bits per heavy atom. The van der Waals surface area contributed by atoms with Gasteiger partial charge in [-0.3, -0.25) is 4.79 Å². The lowest BCUT2D eigenvalue weighted by atomic mass is 9.96. The quantitative estimate of drug-likeness (QED) is 0.852. The van der Waals surface area contributed by atoms with Crippen LogP contribution in [0.5, 0.6) is 0 Å². The van der Waals surface area contributed by atoms with Gasteiger partial charge in [-0.2, -0.15) is 13.2 Å². The number of alkyl halides is 3. The van der Waals surface area contributed by atoms with E-state index in [1.807, 2.05) is 6.20 Å². The first-order valence-corrected chi connectivity index (χ1v) is 7.65. The molecule has 7 heteroatoms. The molecule has 2 heterocycles. The van der Waals surface area contributed by atoms with Gasteiger partial charge in [-0.15, -0.1) is 0 Å². The van der Waals surface area contributed by atoms with E-state index in [0.717, 1.165) is 18.7 Å². The minimum absolute atomic E-state index is 0.0981. The van der Waals surface area contributed by atoms with Gasteiger partial charge in [-0.25, -0.2) is 4.98 Å². The molecular formula is C15H22F3N3O. The molecule has 0 bridgehead atoms. The molecule has 1 aromatic rings. The SMILES string of the molecule is CC(C)n1ccnc1[C@@H]1CCCN(C(=O)CCC(F)(F)F)C1. The van der Waals surface area contributed by atoms with E-state index in [1.54, 1.807) is 11.1 Å². The number of nitrogens with zero attached hydrogens (tertiary/aromatic N) is 3. The predicted octanol–water partition coefficient (Wildman–Crippen LogP) is 3.51. The number of likely N-dealkylation sites (tertiary alicyclic amines) is 1. The van der Waals surface area contributed by atoms with Gasteiger partial charge in [0.25, 0.3) is 0 Å². The largest absolute Gasteiger partial charge is 0.389 e. The van der Waals surface area contributed by atoms with Gasteiger partial charge in [-0.1, -0.05) is 0 Å². The van der Waals surface area contributed by atoms with Gasteiger partial charge in [0.2, 0.25) is 5.91 Å². The van der Waals surface area contributed by atoms with Crippen molar-refractivity contribution in [1.29, 1.82) is 0 Å². The van der Waals surface area contributed by atoms with Crippen LogP contribution in [0, 0.1) is 0 Å². The van der Waals surface area contributed by atoms with Gasteiger partial charge in [0.15, 0.2) is 0 Å². The Morgan fingerprint density at radius 3 is 2.82 bits per heavy atom. The molecule has 4 nitrogen and oxygen atoms in total. The van der Waals surface area contributed by atoms with Crippen molar-refractivity contribution < 1.29 is 18.0 Å². The number of hydrogen-bond acceptors (Lipinski definition) is 2. The van der Waals surface area contributed by atoms with E-state index in [2.05, 4.69) is 23.4 Å². The molecule has 1 aliphatic rings. The van der Waals surface area contributed by atoms with Crippen molar-refractivity contribution in [2.24, 2.45) is 0 Å². The van der Waals surface area contributed by atoms with Crippen LogP contribution in [-0.4, -0.2) is 39.6 Å². The summed E-state index contributed by atoms with van der Waals surface area (Å²) >= 11 is 0. The molecule has 0 radical (unpaired) electrons. The Balaban J connectivity index is 1.99. The summed E-state index contributed by atoms with van der Waals surface area (Å²) in [5.74, 6) is 0.606. The summed E-state index contributed by atoms with van der Waals surface area (Å²) in [6.07, 6.45) is -0.439. The summed E-state index contributed by atoms with van der Waals surface area (Å²) in [5, 5.41) is 0. The first-order chi connectivity index (χ1) is 10.3. The van der Waals surface area contributed by atoms with Crippen LogP contribution in [0.2, 0.25) is 0 Å². The van der Waals surface area contributed by atoms with E-state index >= 15 is 0 Å². The average molecular weight is 317 g/mol. The topological polar surface area (TPSA) is 38.1 Å². The second kappa shape index (κ2) is 6.71. The lowest BCUT2D eigenvalue weighted by Gasteiger charge is -2.33. The molecular weight excluding hydrogens is 295 g/mol. The second-order valence-electron chi connectivity index (χ2n) is 6.08. The zero-order valence-electron chi connectivity index (χ0n) is 12.9. The van der Waals surface area contributed by atoms with Crippen molar-refractivity contribution in [2.45, 2.75) is 57.7 Å².